The molecule has 4 rings (SSSR count). The third-order valence-corrected chi connectivity index (χ3v) is 4.93. The fraction of sp³-hybridized carbons (Fsp3) is 0.389. The molecule has 0 unspecified atom stereocenters. The van der Waals surface area contributed by atoms with E-state index in [1.165, 1.54) is 4.57 Å². The number of benzene rings is 1. The first-order valence-corrected chi connectivity index (χ1v) is 8.94. The molecule has 142 valence electrons. The Morgan fingerprint density at radius 2 is 1.89 bits per heavy atom. The molecule has 1 fully saturated rings. The lowest BCUT2D eigenvalue weighted by Crippen LogP contribution is -2.44. The highest BCUT2D eigenvalue weighted by molar-refractivity contribution is 5.74. The summed E-state index contributed by atoms with van der Waals surface area (Å²) in [5.41, 5.74) is 0.361. The molecule has 1 aliphatic heterocycles. The molecule has 3 N–H and O–H groups in total. The van der Waals surface area contributed by atoms with Crippen LogP contribution in [0, 0.1) is 0 Å². The van der Waals surface area contributed by atoms with Crippen molar-refractivity contribution < 1.29 is 5.11 Å². The van der Waals surface area contributed by atoms with Gasteiger partial charge in [-0.05, 0) is 5.56 Å². The number of imidazole rings is 1. The Morgan fingerprint density at radius 3 is 2.59 bits per heavy atom. The van der Waals surface area contributed by atoms with Crippen LogP contribution in [0.2, 0.25) is 0 Å². The third-order valence-electron chi connectivity index (χ3n) is 4.93. The minimum atomic E-state index is -0.804. The predicted molar refractivity (Wildman–Crippen MR) is 102 cm³/mol. The number of rotatable bonds is 4. The van der Waals surface area contributed by atoms with Crippen LogP contribution in [0.3, 0.4) is 0 Å². The first kappa shape index (κ1) is 17.5. The summed E-state index contributed by atoms with van der Waals surface area (Å²) in [5, 5.41) is 14.0. The van der Waals surface area contributed by atoms with E-state index < -0.39 is 17.4 Å². The van der Waals surface area contributed by atoms with Gasteiger partial charge in [0.15, 0.2) is 11.2 Å². The van der Waals surface area contributed by atoms with Crippen molar-refractivity contribution in [3.05, 3.63) is 56.7 Å². The quantitative estimate of drug-likeness (QED) is 0.575. The molecule has 0 radical (unpaired) electrons. The van der Waals surface area contributed by atoms with E-state index in [9.17, 15) is 14.7 Å². The molecule has 0 spiro atoms. The van der Waals surface area contributed by atoms with Crippen LogP contribution in [0.1, 0.15) is 11.7 Å². The maximum Gasteiger partial charge on any atom is 0.329 e. The second-order valence-electron chi connectivity index (χ2n) is 6.68. The largest absolute Gasteiger partial charge is 0.387 e. The Labute approximate surface area is 154 Å². The Bertz CT molecular complexity index is 1060. The standard InChI is InChI=1S/C18H22N6O3/c1-22-15-14(16(26)21-18(22)27)24(11-13(25)12-5-3-2-4-6-12)17(20-15)23-9-7-19-8-10-23/h2-6,13,19,25H,7-11H2,1H3,(H,21,26,27)/t13-/m0/s1. The number of piperazine rings is 1. The maximum atomic E-state index is 12.5. The summed E-state index contributed by atoms with van der Waals surface area (Å²) in [6.45, 7) is 3.24. The van der Waals surface area contributed by atoms with Gasteiger partial charge in [0, 0.05) is 33.2 Å². The number of nitrogens with one attached hydrogen (secondary N) is 2. The average molecular weight is 370 g/mol. The number of fused-ring (bicyclic) bond motifs is 1. The highest BCUT2D eigenvalue weighted by Gasteiger charge is 2.24. The Hall–Kier alpha value is -2.91. The highest BCUT2D eigenvalue weighted by atomic mass is 16.3. The molecular formula is C18H22N6O3. The molecule has 1 saturated heterocycles. The van der Waals surface area contributed by atoms with E-state index in [1.54, 1.807) is 11.6 Å². The molecule has 0 saturated carbocycles. The number of aromatic nitrogens is 4. The lowest BCUT2D eigenvalue weighted by Gasteiger charge is -2.29. The van der Waals surface area contributed by atoms with E-state index >= 15 is 0 Å². The minimum absolute atomic E-state index is 0.168. The average Bonchev–Trinajstić information content (AvgIpc) is 3.07. The maximum absolute atomic E-state index is 12.5. The minimum Gasteiger partial charge on any atom is -0.387 e. The molecule has 9 nitrogen and oxygen atoms in total. The van der Waals surface area contributed by atoms with Crippen LogP contribution in [0.25, 0.3) is 11.2 Å². The molecule has 1 atom stereocenters. The zero-order chi connectivity index (χ0) is 19.0. The molecule has 3 aromatic rings. The number of hydrogen-bond donors (Lipinski definition) is 3. The predicted octanol–water partition coefficient (Wildman–Crippen LogP) is -0.433. The van der Waals surface area contributed by atoms with Gasteiger partial charge in [0.25, 0.3) is 5.56 Å². The van der Waals surface area contributed by atoms with Crippen molar-refractivity contribution in [2.45, 2.75) is 12.6 Å². The van der Waals surface area contributed by atoms with Gasteiger partial charge in [-0.2, -0.15) is 4.98 Å². The van der Waals surface area contributed by atoms with Crippen molar-refractivity contribution in [2.75, 3.05) is 31.1 Å². The fourth-order valence-electron chi connectivity index (χ4n) is 3.46. The second kappa shape index (κ2) is 7.01. The molecule has 1 aromatic carbocycles. The molecule has 3 heterocycles. The molecule has 0 bridgehead atoms. The molecule has 9 heteroatoms. The lowest BCUT2D eigenvalue weighted by atomic mass is 10.1. The lowest BCUT2D eigenvalue weighted by molar-refractivity contribution is 0.158. The number of H-pyrrole nitrogens is 1. The van der Waals surface area contributed by atoms with Gasteiger partial charge in [-0.25, -0.2) is 4.79 Å². The molecule has 0 aliphatic carbocycles. The molecule has 2 aromatic heterocycles. The first-order chi connectivity index (χ1) is 13.1. The molecule has 27 heavy (non-hydrogen) atoms. The van der Waals surface area contributed by atoms with Gasteiger partial charge < -0.3 is 19.9 Å². The third kappa shape index (κ3) is 3.15. The highest BCUT2D eigenvalue weighted by Crippen LogP contribution is 2.24. The summed E-state index contributed by atoms with van der Waals surface area (Å²) in [7, 11) is 1.58. The zero-order valence-electron chi connectivity index (χ0n) is 15.1. The van der Waals surface area contributed by atoms with Gasteiger partial charge in [0.05, 0.1) is 12.6 Å². The van der Waals surface area contributed by atoms with E-state index in [1.807, 2.05) is 30.3 Å². The van der Waals surface area contributed by atoms with Crippen molar-refractivity contribution in [1.82, 2.24) is 24.4 Å². The Morgan fingerprint density at radius 1 is 1.19 bits per heavy atom. The summed E-state index contributed by atoms with van der Waals surface area (Å²) in [6, 6.07) is 9.29. The van der Waals surface area contributed by atoms with E-state index in [0.717, 1.165) is 31.7 Å². The van der Waals surface area contributed by atoms with Crippen molar-refractivity contribution in [1.29, 1.82) is 0 Å². The van der Waals surface area contributed by atoms with Crippen molar-refractivity contribution in [3.63, 3.8) is 0 Å². The van der Waals surface area contributed by atoms with Crippen molar-refractivity contribution >= 4 is 17.1 Å². The van der Waals surface area contributed by atoms with Gasteiger partial charge in [-0.3, -0.25) is 14.3 Å². The molecule has 1 aliphatic rings. The van der Waals surface area contributed by atoms with Gasteiger partial charge in [-0.15, -0.1) is 0 Å². The zero-order valence-corrected chi connectivity index (χ0v) is 15.1. The van der Waals surface area contributed by atoms with Gasteiger partial charge >= 0.3 is 5.69 Å². The van der Waals surface area contributed by atoms with Crippen LogP contribution in [0.15, 0.2) is 39.9 Å². The fourth-order valence-corrected chi connectivity index (χ4v) is 3.46. The van der Waals surface area contributed by atoms with Crippen molar-refractivity contribution in [3.8, 4) is 0 Å². The number of aliphatic hydroxyl groups is 1. The van der Waals surface area contributed by atoms with Crippen LogP contribution in [-0.4, -0.2) is 50.4 Å². The number of aromatic amines is 1. The summed E-state index contributed by atoms with van der Waals surface area (Å²) in [6.07, 6.45) is -0.804. The van der Waals surface area contributed by atoms with Crippen molar-refractivity contribution in [2.24, 2.45) is 7.05 Å². The van der Waals surface area contributed by atoms with Crippen LogP contribution >= 0.6 is 0 Å². The van der Waals surface area contributed by atoms with Gasteiger partial charge in [0.1, 0.15) is 0 Å². The van der Waals surface area contributed by atoms with E-state index in [2.05, 4.69) is 20.2 Å². The van der Waals surface area contributed by atoms with Crippen LogP contribution < -0.4 is 21.5 Å². The summed E-state index contributed by atoms with van der Waals surface area (Å²) in [5.74, 6) is 0.591. The topological polar surface area (TPSA) is 108 Å². The SMILES string of the molecule is Cn1c(=O)[nH]c(=O)c2c1nc(N1CCNCC1)n2C[C@H](O)c1ccccc1. The Balaban J connectivity index is 1.86. The van der Waals surface area contributed by atoms with Crippen LogP contribution in [0.4, 0.5) is 5.95 Å². The Kier molecular flexibility index (Phi) is 4.54. The van der Waals surface area contributed by atoms with Crippen LogP contribution in [0.5, 0.6) is 0 Å². The van der Waals surface area contributed by atoms with Gasteiger partial charge in [-0.1, -0.05) is 30.3 Å². The second-order valence-corrected chi connectivity index (χ2v) is 6.68. The first-order valence-electron chi connectivity index (χ1n) is 8.94. The molecule has 0 amide bonds. The van der Waals surface area contributed by atoms with E-state index in [-0.39, 0.29) is 6.54 Å². The summed E-state index contributed by atoms with van der Waals surface area (Å²) in [4.78, 5) is 33.5. The number of aliphatic hydroxyl groups excluding tert-OH is 1. The van der Waals surface area contributed by atoms with E-state index in [4.69, 9.17) is 0 Å². The summed E-state index contributed by atoms with van der Waals surface area (Å²) < 4.78 is 3.05. The number of nitrogens with zero attached hydrogens (tertiary/aromatic N) is 4. The van der Waals surface area contributed by atoms with E-state index in [0.29, 0.717) is 17.1 Å². The smallest absolute Gasteiger partial charge is 0.329 e. The van der Waals surface area contributed by atoms with Crippen LogP contribution in [-0.2, 0) is 13.6 Å². The molecular weight excluding hydrogens is 348 g/mol. The number of hydrogen-bond acceptors (Lipinski definition) is 6. The number of aryl methyl sites for hydroxylation is 1. The number of anilines is 1. The summed E-state index contributed by atoms with van der Waals surface area (Å²) >= 11 is 0. The monoisotopic (exact) mass is 370 g/mol. The van der Waals surface area contributed by atoms with Gasteiger partial charge in [0.2, 0.25) is 5.95 Å². The normalized spacial score (nSPS) is 16.0.